The van der Waals surface area contributed by atoms with Crippen molar-refractivity contribution in [2.24, 2.45) is 0 Å². The molecule has 0 atom stereocenters. The molecule has 2 N–H and O–H groups in total. The molecule has 0 aliphatic carbocycles. The Balaban J connectivity index is 1.99. The second-order valence-electron chi connectivity index (χ2n) is 6.43. The molecule has 0 unspecified atom stereocenters. The summed E-state index contributed by atoms with van der Waals surface area (Å²) in [6, 6.07) is 11.0. The number of carbonyl (C=O) groups excluding carboxylic acids is 1. The van der Waals surface area contributed by atoms with Crippen LogP contribution in [0, 0.1) is 15.9 Å². The Hall–Kier alpha value is -4.15. The highest BCUT2D eigenvalue weighted by Crippen LogP contribution is 2.37. The zero-order valence-corrected chi connectivity index (χ0v) is 16.4. The van der Waals surface area contributed by atoms with Crippen LogP contribution in [0.5, 0.6) is 11.5 Å². The summed E-state index contributed by atoms with van der Waals surface area (Å²) in [6.07, 6.45) is -4.72. The normalized spacial score (nSPS) is 11.0. The number of carbonyl (C=O) groups is 1. The molecule has 0 saturated heterocycles. The summed E-state index contributed by atoms with van der Waals surface area (Å²) in [5.41, 5.74) is -1.90. The average Bonchev–Trinajstić information content (AvgIpc) is 2.75. The number of para-hydroxylation sites is 1. The van der Waals surface area contributed by atoms with E-state index in [0.717, 1.165) is 24.3 Å². The second kappa shape index (κ2) is 8.92. The van der Waals surface area contributed by atoms with E-state index in [-0.39, 0.29) is 22.7 Å². The summed E-state index contributed by atoms with van der Waals surface area (Å²) in [4.78, 5) is 23.2. The largest absolute Gasteiger partial charge is 0.452 e. The van der Waals surface area contributed by atoms with Crippen molar-refractivity contribution in [1.29, 1.82) is 0 Å². The van der Waals surface area contributed by atoms with Crippen LogP contribution >= 0.6 is 0 Å². The molecule has 0 radical (unpaired) electrons. The molecule has 1 amide bonds. The standard InChI is InChI=1S/C21H15F4N3O4/c1-26-15-8-6-12(10-17(15)28(30)31)20(29)27-16-11-13(21(23,24)25)7-9-19(16)32-18-5-3-2-4-14(18)22/h2-11,26H,1H3,(H,27,29). The number of nitrogens with one attached hydrogen (secondary N) is 2. The van der Waals surface area contributed by atoms with Crippen molar-refractivity contribution in [1.82, 2.24) is 0 Å². The van der Waals surface area contributed by atoms with E-state index in [1.54, 1.807) is 0 Å². The first-order valence-corrected chi connectivity index (χ1v) is 9.01. The van der Waals surface area contributed by atoms with Crippen LogP contribution in [0.3, 0.4) is 0 Å². The van der Waals surface area contributed by atoms with E-state index in [9.17, 15) is 32.5 Å². The van der Waals surface area contributed by atoms with E-state index in [0.29, 0.717) is 6.07 Å². The van der Waals surface area contributed by atoms with Gasteiger partial charge in [-0.1, -0.05) is 12.1 Å². The molecule has 0 aromatic heterocycles. The summed E-state index contributed by atoms with van der Waals surface area (Å²) >= 11 is 0. The number of benzene rings is 3. The van der Waals surface area contributed by atoms with Crippen molar-refractivity contribution in [2.75, 3.05) is 17.7 Å². The fourth-order valence-electron chi connectivity index (χ4n) is 2.77. The van der Waals surface area contributed by atoms with Gasteiger partial charge in [0.05, 0.1) is 16.2 Å². The van der Waals surface area contributed by atoms with Crippen LogP contribution in [-0.2, 0) is 6.18 Å². The fourth-order valence-corrected chi connectivity index (χ4v) is 2.77. The molecule has 166 valence electrons. The van der Waals surface area contributed by atoms with Gasteiger partial charge in [-0.25, -0.2) is 4.39 Å². The molecule has 0 spiro atoms. The summed E-state index contributed by atoms with van der Waals surface area (Å²) in [7, 11) is 1.46. The van der Waals surface area contributed by atoms with Gasteiger partial charge in [0, 0.05) is 18.7 Å². The Kier molecular flexibility index (Phi) is 6.28. The van der Waals surface area contributed by atoms with Crippen molar-refractivity contribution in [2.45, 2.75) is 6.18 Å². The Bertz CT molecular complexity index is 1180. The third-order valence-electron chi connectivity index (χ3n) is 4.34. The lowest BCUT2D eigenvalue weighted by molar-refractivity contribution is -0.384. The number of rotatable bonds is 6. The van der Waals surface area contributed by atoms with Crippen LogP contribution in [0.4, 0.5) is 34.6 Å². The minimum atomic E-state index is -4.72. The second-order valence-corrected chi connectivity index (χ2v) is 6.43. The van der Waals surface area contributed by atoms with Gasteiger partial charge in [0.25, 0.3) is 11.6 Å². The van der Waals surface area contributed by atoms with E-state index in [1.165, 1.54) is 37.4 Å². The van der Waals surface area contributed by atoms with Crippen LogP contribution in [0.25, 0.3) is 0 Å². The smallest absolute Gasteiger partial charge is 0.416 e. The van der Waals surface area contributed by atoms with Crippen LogP contribution in [0.1, 0.15) is 15.9 Å². The van der Waals surface area contributed by atoms with Gasteiger partial charge in [0.15, 0.2) is 17.3 Å². The van der Waals surface area contributed by atoms with Crippen molar-refractivity contribution in [3.8, 4) is 11.5 Å². The maximum atomic E-state index is 13.9. The third kappa shape index (κ3) is 4.94. The number of nitrogens with zero attached hydrogens (tertiary/aromatic N) is 1. The number of amides is 1. The number of hydrogen-bond acceptors (Lipinski definition) is 5. The van der Waals surface area contributed by atoms with Crippen LogP contribution < -0.4 is 15.4 Å². The van der Waals surface area contributed by atoms with Crippen molar-refractivity contribution < 1.29 is 32.0 Å². The molecule has 11 heteroatoms. The van der Waals surface area contributed by atoms with Gasteiger partial charge >= 0.3 is 6.18 Å². The molecule has 32 heavy (non-hydrogen) atoms. The molecule has 0 aliphatic rings. The zero-order valence-electron chi connectivity index (χ0n) is 16.4. The summed E-state index contributed by atoms with van der Waals surface area (Å²) in [6.45, 7) is 0. The lowest BCUT2D eigenvalue weighted by atomic mass is 10.1. The van der Waals surface area contributed by atoms with Crippen LogP contribution in [-0.4, -0.2) is 17.9 Å². The molecule has 0 bridgehead atoms. The van der Waals surface area contributed by atoms with E-state index in [1.807, 2.05) is 0 Å². The number of nitro benzene ring substituents is 1. The molecule has 0 saturated carbocycles. The molecular weight excluding hydrogens is 434 g/mol. The number of alkyl halides is 3. The zero-order chi connectivity index (χ0) is 23.5. The highest BCUT2D eigenvalue weighted by Gasteiger charge is 2.31. The molecule has 0 fully saturated rings. The first kappa shape index (κ1) is 22.5. The number of anilines is 2. The van der Waals surface area contributed by atoms with E-state index < -0.39 is 39.8 Å². The SMILES string of the molecule is CNc1ccc(C(=O)Nc2cc(C(F)(F)F)ccc2Oc2ccccc2F)cc1[N+](=O)[O-]. The monoisotopic (exact) mass is 449 g/mol. The molecule has 3 aromatic rings. The van der Waals surface area contributed by atoms with Gasteiger partial charge < -0.3 is 15.4 Å². The quantitative estimate of drug-likeness (QED) is 0.280. The molecule has 0 heterocycles. The highest BCUT2D eigenvalue weighted by molar-refractivity contribution is 6.06. The summed E-state index contributed by atoms with van der Waals surface area (Å²) in [5.74, 6) is -2.20. The van der Waals surface area contributed by atoms with Gasteiger partial charge in [-0.15, -0.1) is 0 Å². The minimum Gasteiger partial charge on any atom is -0.452 e. The van der Waals surface area contributed by atoms with Crippen molar-refractivity contribution >= 4 is 23.0 Å². The summed E-state index contributed by atoms with van der Waals surface area (Å²) in [5, 5.41) is 16.1. The predicted molar refractivity (Wildman–Crippen MR) is 109 cm³/mol. The van der Waals surface area contributed by atoms with Crippen LogP contribution in [0.15, 0.2) is 60.7 Å². The van der Waals surface area contributed by atoms with Gasteiger partial charge in [0.1, 0.15) is 5.69 Å². The number of nitro groups is 1. The Morgan fingerprint density at radius 3 is 2.34 bits per heavy atom. The molecule has 7 nitrogen and oxygen atoms in total. The Morgan fingerprint density at radius 1 is 1.00 bits per heavy atom. The van der Waals surface area contributed by atoms with Crippen molar-refractivity contribution in [3.63, 3.8) is 0 Å². The van der Waals surface area contributed by atoms with E-state index in [4.69, 9.17) is 4.74 Å². The maximum absolute atomic E-state index is 13.9. The molecule has 3 aromatic carbocycles. The van der Waals surface area contributed by atoms with Gasteiger partial charge in [0.2, 0.25) is 0 Å². The third-order valence-corrected chi connectivity index (χ3v) is 4.34. The lowest BCUT2D eigenvalue weighted by Gasteiger charge is -2.15. The fraction of sp³-hybridized carbons (Fsp3) is 0.0952. The molecule has 3 rings (SSSR count). The number of hydrogen-bond donors (Lipinski definition) is 2. The minimum absolute atomic E-state index is 0.147. The van der Waals surface area contributed by atoms with Crippen molar-refractivity contribution in [3.05, 3.63) is 87.7 Å². The molecule has 0 aliphatic heterocycles. The van der Waals surface area contributed by atoms with Gasteiger partial charge in [-0.3, -0.25) is 14.9 Å². The Morgan fingerprint density at radius 2 is 1.72 bits per heavy atom. The topological polar surface area (TPSA) is 93.5 Å². The predicted octanol–water partition coefficient (Wildman–Crippen LogP) is 5.84. The summed E-state index contributed by atoms with van der Waals surface area (Å²) < 4.78 is 58.8. The maximum Gasteiger partial charge on any atom is 0.416 e. The average molecular weight is 449 g/mol. The van der Waals surface area contributed by atoms with Gasteiger partial charge in [-0.05, 0) is 42.5 Å². The molecular formula is C21H15F4N3O4. The first-order chi connectivity index (χ1) is 15.1. The highest BCUT2D eigenvalue weighted by atomic mass is 19.4. The van der Waals surface area contributed by atoms with Crippen LogP contribution in [0.2, 0.25) is 0 Å². The Labute approximate surface area is 178 Å². The van der Waals surface area contributed by atoms with Gasteiger partial charge in [-0.2, -0.15) is 13.2 Å². The first-order valence-electron chi connectivity index (χ1n) is 9.01. The van der Waals surface area contributed by atoms with E-state index >= 15 is 0 Å². The lowest BCUT2D eigenvalue weighted by Crippen LogP contribution is -2.14. The number of ether oxygens (including phenoxy) is 1. The number of halogens is 4. The van der Waals surface area contributed by atoms with E-state index in [2.05, 4.69) is 10.6 Å².